The van der Waals surface area contributed by atoms with Crippen molar-refractivity contribution < 1.29 is 28.6 Å². The van der Waals surface area contributed by atoms with Crippen LogP contribution in [-0.2, 0) is 16.1 Å². The van der Waals surface area contributed by atoms with Crippen LogP contribution < -0.4 is 30.2 Å². The quantitative estimate of drug-likeness (QED) is 0.478. The van der Waals surface area contributed by atoms with Gasteiger partial charge in [-0.2, -0.15) is 0 Å². The zero-order valence-electron chi connectivity index (χ0n) is 19.6. The smallest absolute Gasteiger partial charge is 0.251 e. The van der Waals surface area contributed by atoms with E-state index in [-0.39, 0.29) is 36.4 Å². The summed E-state index contributed by atoms with van der Waals surface area (Å²) in [5.41, 5.74) is 1.76. The van der Waals surface area contributed by atoms with E-state index < -0.39 is 5.91 Å². The van der Waals surface area contributed by atoms with Gasteiger partial charge in [0.2, 0.25) is 17.6 Å². The Morgan fingerprint density at radius 1 is 0.879 bits per heavy atom. The molecule has 0 aliphatic carbocycles. The summed E-state index contributed by atoms with van der Waals surface area (Å²) in [7, 11) is 4.38. The second-order valence-corrected chi connectivity index (χ2v) is 7.72. The minimum atomic E-state index is -0.459. The average Bonchev–Trinajstić information content (AvgIpc) is 2.79. The maximum absolute atomic E-state index is 12.5. The normalized spacial score (nSPS) is 10.4. The van der Waals surface area contributed by atoms with Gasteiger partial charge in [-0.1, -0.05) is 26.0 Å². The van der Waals surface area contributed by atoms with Crippen molar-refractivity contribution in [2.75, 3.05) is 33.2 Å². The Bertz CT molecular complexity index is 965. The van der Waals surface area contributed by atoms with Gasteiger partial charge in [0, 0.05) is 24.2 Å². The van der Waals surface area contributed by atoms with Crippen LogP contribution in [0.25, 0.3) is 0 Å². The number of ether oxygens (including phenoxy) is 3. The van der Waals surface area contributed by atoms with Crippen molar-refractivity contribution >= 4 is 23.4 Å². The molecule has 0 radical (unpaired) electrons. The molecule has 2 aromatic carbocycles. The van der Waals surface area contributed by atoms with Crippen molar-refractivity contribution in [3.05, 3.63) is 47.5 Å². The maximum Gasteiger partial charge on any atom is 0.251 e. The van der Waals surface area contributed by atoms with Crippen molar-refractivity contribution in [2.45, 2.75) is 26.8 Å². The summed E-state index contributed by atoms with van der Waals surface area (Å²) < 4.78 is 15.7. The molecule has 9 nitrogen and oxygen atoms in total. The molecule has 0 atom stereocenters. The molecule has 0 saturated heterocycles. The van der Waals surface area contributed by atoms with Crippen LogP contribution in [0.15, 0.2) is 36.4 Å². The lowest BCUT2D eigenvalue weighted by atomic mass is 10.1. The van der Waals surface area contributed by atoms with E-state index in [1.807, 2.05) is 19.9 Å². The highest BCUT2D eigenvalue weighted by molar-refractivity contribution is 5.97. The monoisotopic (exact) mass is 457 g/mol. The number of hydrogen-bond donors (Lipinski definition) is 3. The molecule has 0 saturated carbocycles. The van der Waals surface area contributed by atoms with Crippen molar-refractivity contribution in [3.8, 4) is 17.2 Å². The Kier molecular flexibility index (Phi) is 9.53. The summed E-state index contributed by atoms with van der Waals surface area (Å²) >= 11 is 0. The minimum absolute atomic E-state index is 0.0549. The molecule has 0 fully saturated rings. The minimum Gasteiger partial charge on any atom is -0.493 e. The summed E-state index contributed by atoms with van der Waals surface area (Å²) in [6.45, 7) is 4.00. The van der Waals surface area contributed by atoms with Gasteiger partial charge < -0.3 is 30.2 Å². The van der Waals surface area contributed by atoms with Crippen LogP contribution >= 0.6 is 0 Å². The SMILES string of the molecule is COc1cc(C(=O)NCC(=O)NCc2cccc(NC(=O)CC(C)C)c2)cc(OC)c1OC. The first-order valence-electron chi connectivity index (χ1n) is 10.5. The van der Waals surface area contributed by atoms with Gasteiger partial charge in [-0.15, -0.1) is 0 Å². The third-order valence-electron chi connectivity index (χ3n) is 4.63. The molecule has 9 heteroatoms. The first kappa shape index (κ1) is 25.5. The van der Waals surface area contributed by atoms with E-state index in [0.717, 1.165) is 5.56 Å². The number of amides is 3. The molecule has 0 unspecified atom stereocenters. The summed E-state index contributed by atoms with van der Waals surface area (Å²) in [6.07, 6.45) is 0.437. The number of anilines is 1. The van der Waals surface area contributed by atoms with Gasteiger partial charge in [0.15, 0.2) is 11.5 Å². The number of carbonyl (C=O) groups excluding carboxylic acids is 3. The highest BCUT2D eigenvalue weighted by atomic mass is 16.5. The fraction of sp³-hybridized carbons (Fsp3) is 0.375. The molecule has 0 bridgehead atoms. The van der Waals surface area contributed by atoms with E-state index in [2.05, 4.69) is 16.0 Å². The topological polar surface area (TPSA) is 115 Å². The summed E-state index contributed by atoms with van der Waals surface area (Å²) in [5.74, 6) is 0.448. The first-order chi connectivity index (χ1) is 15.8. The van der Waals surface area contributed by atoms with Crippen LogP contribution in [0.4, 0.5) is 5.69 Å². The van der Waals surface area contributed by atoms with Gasteiger partial charge >= 0.3 is 0 Å². The number of benzene rings is 2. The summed E-state index contributed by atoms with van der Waals surface area (Å²) in [4.78, 5) is 36.7. The van der Waals surface area contributed by atoms with Crippen molar-refractivity contribution in [3.63, 3.8) is 0 Å². The zero-order chi connectivity index (χ0) is 24.4. The van der Waals surface area contributed by atoms with Gasteiger partial charge in [0.1, 0.15) is 0 Å². The predicted octanol–water partition coefficient (Wildman–Crippen LogP) is 2.74. The second-order valence-electron chi connectivity index (χ2n) is 7.72. The van der Waals surface area contributed by atoms with Crippen LogP contribution in [-0.4, -0.2) is 45.6 Å². The third kappa shape index (κ3) is 7.71. The molecule has 2 rings (SSSR count). The Balaban J connectivity index is 1.90. The van der Waals surface area contributed by atoms with Crippen LogP contribution in [0.5, 0.6) is 17.2 Å². The van der Waals surface area contributed by atoms with E-state index in [1.54, 1.807) is 18.2 Å². The van der Waals surface area contributed by atoms with Crippen LogP contribution in [0.3, 0.4) is 0 Å². The summed E-state index contributed by atoms with van der Waals surface area (Å²) in [5, 5.41) is 8.17. The molecule has 0 heterocycles. The van der Waals surface area contributed by atoms with E-state index in [4.69, 9.17) is 14.2 Å². The molecule has 0 spiro atoms. The lowest BCUT2D eigenvalue weighted by molar-refractivity contribution is -0.120. The fourth-order valence-electron chi connectivity index (χ4n) is 3.08. The van der Waals surface area contributed by atoms with Gasteiger partial charge in [-0.3, -0.25) is 14.4 Å². The van der Waals surface area contributed by atoms with Gasteiger partial charge in [0.05, 0.1) is 27.9 Å². The number of nitrogens with one attached hydrogen (secondary N) is 3. The largest absolute Gasteiger partial charge is 0.493 e. The Hall–Kier alpha value is -3.75. The molecular weight excluding hydrogens is 426 g/mol. The Morgan fingerprint density at radius 2 is 1.55 bits per heavy atom. The number of carbonyl (C=O) groups is 3. The van der Waals surface area contributed by atoms with E-state index >= 15 is 0 Å². The number of rotatable bonds is 11. The number of hydrogen-bond acceptors (Lipinski definition) is 6. The predicted molar refractivity (Wildman–Crippen MR) is 125 cm³/mol. The Labute approximate surface area is 193 Å². The molecule has 0 aromatic heterocycles. The molecule has 3 N–H and O–H groups in total. The highest BCUT2D eigenvalue weighted by Crippen LogP contribution is 2.38. The number of methoxy groups -OCH3 is 3. The standard InChI is InChI=1S/C24H31N3O6/c1-15(2)9-21(28)27-18-8-6-7-16(10-18)13-25-22(29)14-26-24(30)17-11-19(31-3)23(33-5)20(12-17)32-4/h6-8,10-12,15H,9,13-14H2,1-5H3,(H,25,29)(H,26,30)(H,27,28). The van der Waals surface area contributed by atoms with Crippen LogP contribution in [0.1, 0.15) is 36.2 Å². The van der Waals surface area contributed by atoms with Crippen LogP contribution in [0.2, 0.25) is 0 Å². The van der Waals surface area contributed by atoms with Gasteiger partial charge in [-0.25, -0.2) is 0 Å². The molecule has 0 aliphatic rings. The molecule has 0 aliphatic heterocycles. The molecule has 3 amide bonds. The second kappa shape index (κ2) is 12.3. The fourth-order valence-corrected chi connectivity index (χ4v) is 3.08. The van der Waals surface area contributed by atoms with Crippen molar-refractivity contribution in [2.24, 2.45) is 5.92 Å². The molecular formula is C24H31N3O6. The van der Waals surface area contributed by atoms with Gasteiger partial charge in [-0.05, 0) is 35.7 Å². The van der Waals surface area contributed by atoms with Crippen molar-refractivity contribution in [1.82, 2.24) is 10.6 Å². The van der Waals surface area contributed by atoms with E-state index in [0.29, 0.717) is 29.4 Å². The van der Waals surface area contributed by atoms with Crippen LogP contribution in [0, 0.1) is 5.92 Å². The van der Waals surface area contributed by atoms with E-state index in [1.165, 1.54) is 33.5 Å². The zero-order valence-corrected chi connectivity index (χ0v) is 19.6. The van der Waals surface area contributed by atoms with Gasteiger partial charge in [0.25, 0.3) is 5.91 Å². The van der Waals surface area contributed by atoms with E-state index in [9.17, 15) is 14.4 Å². The van der Waals surface area contributed by atoms with Crippen molar-refractivity contribution in [1.29, 1.82) is 0 Å². The lowest BCUT2D eigenvalue weighted by Gasteiger charge is -2.14. The Morgan fingerprint density at radius 3 is 2.12 bits per heavy atom. The molecule has 178 valence electrons. The highest BCUT2D eigenvalue weighted by Gasteiger charge is 2.17. The third-order valence-corrected chi connectivity index (χ3v) is 4.63. The first-order valence-corrected chi connectivity index (χ1v) is 10.5. The average molecular weight is 458 g/mol. The molecule has 33 heavy (non-hydrogen) atoms. The summed E-state index contributed by atoms with van der Waals surface area (Å²) in [6, 6.07) is 10.3. The lowest BCUT2D eigenvalue weighted by Crippen LogP contribution is -2.36. The maximum atomic E-state index is 12.5. The molecule has 2 aromatic rings.